The number of halogens is 1. The van der Waals surface area contributed by atoms with E-state index in [0.29, 0.717) is 24.5 Å². The van der Waals surface area contributed by atoms with E-state index in [2.05, 4.69) is 10.3 Å². The Balaban J connectivity index is 1.78. The normalized spacial score (nSPS) is 22.6. The van der Waals surface area contributed by atoms with Gasteiger partial charge in [-0.1, -0.05) is 51.4 Å². The number of piperidine rings is 1. The van der Waals surface area contributed by atoms with E-state index in [1.165, 1.54) is 11.3 Å². The van der Waals surface area contributed by atoms with E-state index >= 15 is 0 Å². The third-order valence-corrected chi connectivity index (χ3v) is 7.06. The molecule has 7 heteroatoms. The lowest BCUT2D eigenvalue weighted by atomic mass is 9.66. The van der Waals surface area contributed by atoms with Crippen molar-refractivity contribution in [3.8, 4) is 0 Å². The predicted octanol–water partition coefficient (Wildman–Crippen LogP) is 4.69. The molecular formula is C22H30ClN3O2S. The largest absolute Gasteiger partial charge is 0.384 e. The fraction of sp³-hybridized carbons (Fsp3) is 0.545. The van der Waals surface area contributed by atoms with Crippen molar-refractivity contribution in [2.75, 3.05) is 18.4 Å². The Morgan fingerprint density at radius 2 is 1.97 bits per heavy atom. The molecular weight excluding hydrogens is 406 g/mol. The van der Waals surface area contributed by atoms with Gasteiger partial charge in [-0.15, -0.1) is 11.3 Å². The van der Waals surface area contributed by atoms with E-state index in [4.69, 9.17) is 11.6 Å². The smallest absolute Gasteiger partial charge is 0.245 e. The Morgan fingerprint density at radius 1 is 1.31 bits per heavy atom. The number of hydrogen-bond donors (Lipinski definition) is 2. The van der Waals surface area contributed by atoms with Crippen molar-refractivity contribution in [1.82, 2.24) is 9.88 Å². The summed E-state index contributed by atoms with van der Waals surface area (Å²) in [4.78, 5) is 19.7. The summed E-state index contributed by atoms with van der Waals surface area (Å²) >= 11 is 7.53. The van der Waals surface area contributed by atoms with Crippen LogP contribution in [-0.4, -0.2) is 40.0 Å². The zero-order valence-corrected chi connectivity index (χ0v) is 19.3. The van der Waals surface area contributed by atoms with Crippen LogP contribution in [0.4, 0.5) is 5.13 Å². The molecule has 0 bridgehead atoms. The van der Waals surface area contributed by atoms with Gasteiger partial charge in [0, 0.05) is 28.9 Å². The van der Waals surface area contributed by atoms with Crippen molar-refractivity contribution in [2.24, 2.45) is 11.3 Å². The summed E-state index contributed by atoms with van der Waals surface area (Å²) in [6, 6.07) is 7.02. The lowest BCUT2D eigenvalue weighted by Crippen LogP contribution is -2.59. The van der Waals surface area contributed by atoms with Crippen molar-refractivity contribution >= 4 is 34.0 Å². The number of aromatic nitrogens is 1. The highest BCUT2D eigenvalue weighted by Crippen LogP contribution is 2.46. The first-order valence-corrected chi connectivity index (χ1v) is 11.2. The predicted molar refractivity (Wildman–Crippen MR) is 119 cm³/mol. The summed E-state index contributed by atoms with van der Waals surface area (Å²) in [6.07, 6.45) is 0.481. The molecule has 1 aliphatic heterocycles. The number of anilines is 1. The number of nitrogens with one attached hydrogen (secondary N) is 1. The van der Waals surface area contributed by atoms with E-state index in [9.17, 15) is 9.90 Å². The molecule has 1 aromatic carbocycles. The Labute approximate surface area is 182 Å². The van der Waals surface area contributed by atoms with Crippen LogP contribution in [0.2, 0.25) is 5.02 Å². The van der Waals surface area contributed by atoms with Crippen LogP contribution in [0.3, 0.4) is 0 Å². The fourth-order valence-electron chi connectivity index (χ4n) is 4.03. The topological polar surface area (TPSA) is 65.5 Å². The van der Waals surface area contributed by atoms with Crippen LogP contribution >= 0.6 is 22.9 Å². The number of benzene rings is 1. The van der Waals surface area contributed by atoms with E-state index < -0.39 is 11.0 Å². The van der Waals surface area contributed by atoms with Crippen LogP contribution in [0, 0.1) is 18.3 Å². The van der Waals surface area contributed by atoms with E-state index in [-0.39, 0.29) is 17.9 Å². The molecule has 2 aromatic rings. The first-order chi connectivity index (χ1) is 13.5. The van der Waals surface area contributed by atoms with Gasteiger partial charge in [0.2, 0.25) is 5.91 Å². The molecule has 29 heavy (non-hydrogen) atoms. The van der Waals surface area contributed by atoms with Crippen LogP contribution < -0.4 is 5.32 Å². The summed E-state index contributed by atoms with van der Waals surface area (Å²) in [5.41, 5.74) is 0.269. The minimum absolute atomic E-state index is 0.0547. The molecule has 158 valence electrons. The number of rotatable bonds is 5. The minimum Gasteiger partial charge on any atom is -0.384 e. The number of carbonyl (C=O) groups is 1. The second kappa shape index (κ2) is 8.25. The summed E-state index contributed by atoms with van der Waals surface area (Å²) in [5, 5.41) is 18.2. The lowest BCUT2D eigenvalue weighted by molar-refractivity contribution is -0.154. The van der Waals surface area contributed by atoms with Crippen LogP contribution in [0.15, 0.2) is 29.6 Å². The van der Waals surface area contributed by atoms with Gasteiger partial charge in [-0.25, -0.2) is 4.98 Å². The molecule has 1 aliphatic rings. The minimum atomic E-state index is -1.01. The first-order valence-electron chi connectivity index (χ1n) is 9.99. The standard InChI is InChI=1S/C22H30ClN3O2S/c1-14(2)18(25-20-24-15(3)12-29-20)19(27)26-11-10-22(28,21(4,5)13-26)16-6-8-17(23)9-7-16/h6-9,12,14,18,28H,10-11,13H2,1-5H3,(H,24,25)/t18-,22+/m1/s1. The Bertz CT molecular complexity index is 865. The number of aryl methyl sites for hydroxylation is 1. The molecule has 5 nitrogen and oxygen atoms in total. The number of aliphatic hydroxyl groups is 1. The van der Waals surface area contributed by atoms with Crippen molar-refractivity contribution in [2.45, 2.75) is 52.7 Å². The van der Waals surface area contributed by atoms with Crippen LogP contribution in [0.25, 0.3) is 0 Å². The van der Waals surface area contributed by atoms with Gasteiger partial charge in [0.15, 0.2) is 5.13 Å². The average Bonchev–Trinajstić information content (AvgIpc) is 3.06. The molecule has 2 N–H and O–H groups in total. The van der Waals surface area contributed by atoms with E-state index in [1.54, 1.807) is 12.1 Å². The van der Waals surface area contributed by atoms with Gasteiger partial charge in [0.05, 0.1) is 11.3 Å². The second-order valence-corrected chi connectivity index (χ2v) is 10.2. The third-order valence-electron chi connectivity index (χ3n) is 5.91. The molecule has 2 heterocycles. The summed E-state index contributed by atoms with van der Waals surface area (Å²) in [5.74, 6) is 0.172. The molecule has 2 atom stereocenters. The quantitative estimate of drug-likeness (QED) is 0.715. The van der Waals surface area contributed by atoms with Gasteiger partial charge >= 0.3 is 0 Å². The molecule has 1 saturated heterocycles. The molecule has 0 saturated carbocycles. The van der Waals surface area contributed by atoms with Crippen molar-refractivity contribution < 1.29 is 9.90 Å². The lowest BCUT2D eigenvalue weighted by Gasteiger charge is -2.51. The SMILES string of the molecule is Cc1csc(N[C@@H](C(=O)N2CC[C@](O)(c3ccc(Cl)cc3)C(C)(C)C2)C(C)C)n1. The summed E-state index contributed by atoms with van der Waals surface area (Å²) in [7, 11) is 0. The first kappa shape index (κ1) is 22.1. The summed E-state index contributed by atoms with van der Waals surface area (Å²) in [6.45, 7) is 11.0. The highest BCUT2D eigenvalue weighted by Gasteiger charge is 2.50. The van der Waals surface area contributed by atoms with Gasteiger partial charge in [0.1, 0.15) is 6.04 Å². The van der Waals surface area contributed by atoms with E-state index in [0.717, 1.165) is 16.4 Å². The van der Waals surface area contributed by atoms with Gasteiger partial charge in [-0.3, -0.25) is 4.79 Å². The maximum absolute atomic E-state index is 13.4. The number of carbonyl (C=O) groups excluding carboxylic acids is 1. The zero-order chi connectivity index (χ0) is 21.4. The van der Waals surface area contributed by atoms with Gasteiger partial charge in [-0.2, -0.15) is 0 Å². The third kappa shape index (κ3) is 4.44. The van der Waals surface area contributed by atoms with Crippen molar-refractivity contribution in [1.29, 1.82) is 0 Å². The van der Waals surface area contributed by atoms with Crippen molar-refractivity contribution in [3.63, 3.8) is 0 Å². The van der Waals surface area contributed by atoms with Crippen LogP contribution in [0.1, 0.15) is 45.4 Å². The molecule has 0 radical (unpaired) electrons. The number of thiazole rings is 1. The molecule has 1 fully saturated rings. The second-order valence-electron chi connectivity index (χ2n) is 8.92. The molecule has 0 unspecified atom stereocenters. The van der Waals surface area contributed by atoms with Gasteiger partial charge in [-0.05, 0) is 37.0 Å². The molecule has 1 amide bonds. The number of hydrogen-bond acceptors (Lipinski definition) is 5. The maximum atomic E-state index is 13.4. The highest BCUT2D eigenvalue weighted by molar-refractivity contribution is 7.13. The molecule has 1 aromatic heterocycles. The molecule has 0 aliphatic carbocycles. The average molecular weight is 436 g/mol. The monoisotopic (exact) mass is 435 g/mol. The molecule has 3 rings (SSSR count). The number of likely N-dealkylation sites (tertiary alicyclic amines) is 1. The molecule has 0 spiro atoms. The van der Waals surface area contributed by atoms with Gasteiger partial charge in [0.25, 0.3) is 0 Å². The Kier molecular flexibility index (Phi) is 6.27. The Hall–Kier alpha value is -1.63. The van der Waals surface area contributed by atoms with Crippen LogP contribution in [0.5, 0.6) is 0 Å². The highest BCUT2D eigenvalue weighted by atomic mass is 35.5. The number of amides is 1. The summed E-state index contributed by atoms with van der Waals surface area (Å²) < 4.78 is 0. The Morgan fingerprint density at radius 3 is 2.48 bits per heavy atom. The fourth-order valence-corrected chi connectivity index (χ4v) is 4.89. The zero-order valence-electron chi connectivity index (χ0n) is 17.7. The van der Waals surface area contributed by atoms with Crippen molar-refractivity contribution in [3.05, 3.63) is 45.9 Å². The van der Waals surface area contributed by atoms with E-state index in [1.807, 2.05) is 57.0 Å². The van der Waals surface area contributed by atoms with Gasteiger partial charge < -0.3 is 15.3 Å². The maximum Gasteiger partial charge on any atom is 0.245 e. The number of nitrogens with zero attached hydrogens (tertiary/aromatic N) is 2. The van der Waals surface area contributed by atoms with Crippen LogP contribution in [-0.2, 0) is 10.4 Å².